The van der Waals surface area contributed by atoms with E-state index in [-0.39, 0.29) is 23.8 Å². The second-order valence-electron chi connectivity index (χ2n) is 8.07. The van der Waals surface area contributed by atoms with Crippen LogP contribution in [0.1, 0.15) is 42.4 Å². The summed E-state index contributed by atoms with van der Waals surface area (Å²) in [4.78, 5) is 25.9. The molecule has 0 fully saturated rings. The number of amides is 1. The van der Waals surface area contributed by atoms with Crippen LogP contribution in [0, 0.1) is 6.92 Å². The molecule has 0 spiro atoms. The first-order chi connectivity index (χ1) is 13.6. The largest absolute Gasteiger partial charge is 0.497 e. The van der Waals surface area contributed by atoms with Crippen molar-refractivity contribution >= 4 is 34.3 Å². The van der Waals surface area contributed by atoms with Gasteiger partial charge in [0.1, 0.15) is 5.75 Å². The Balaban J connectivity index is 2.13. The fraction of sp³-hybridized carbons (Fsp3) is 0.304. The number of hydrogen-bond acceptors (Lipinski definition) is 3. The van der Waals surface area contributed by atoms with E-state index < -0.39 is 0 Å². The van der Waals surface area contributed by atoms with Crippen molar-refractivity contribution in [1.29, 1.82) is 0 Å². The Morgan fingerprint density at radius 1 is 1.10 bits per heavy atom. The third-order valence-electron chi connectivity index (χ3n) is 4.69. The number of nitrogens with one attached hydrogen (secondary N) is 1. The zero-order valence-corrected chi connectivity index (χ0v) is 18.1. The van der Waals surface area contributed by atoms with Crippen LogP contribution >= 0.6 is 11.6 Å². The maximum absolute atomic E-state index is 13.3. The summed E-state index contributed by atoms with van der Waals surface area (Å²) >= 11 is 5.96. The summed E-state index contributed by atoms with van der Waals surface area (Å²) in [5.74, 6) is 0.407. The Morgan fingerprint density at radius 2 is 1.76 bits per heavy atom. The van der Waals surface area contributed by atoms with Crippen LogP contribution in [0.25, 0.3) is 10.9 Å². The Bertz CT molecular complexity index is 1080. The zero-order valence-electron chi connectivity index (χ0n) is 17.3. The number of benzene rings is 2. The third-order valence-corrected chi connectivity index (χ3v) is 4.94. The zero-order chi connectivity index (χ0) is 21.3. The van der Waals surface area contributed by atoms with E-state index in [9.17, 15) is 9.59 Å². The Hall–Kier alpha value is -2.79. The minimum absolute atomic E-state index is 0.0959. The summed E-state index contributed by atoms with van der Waals surface area (Å²) in [5, 5.41) is 4.38. The van der Waals surface area contributed by atoms with Gasteiger partial charge in [-0.3, -0.25) is 14.2 Å². The van der Waals surface area contributed by atoms with Gasteiger partial charge in [-0.05, 0) is 75.7 Å². The summed E-state index contributed by atoms with van der Waals surface area (Å²) in [6, 6.07) is 12.3. The summed E-state index contributed by atoms with van der Waals surface area (Å²) in [7, 11) is 1.59. The average molecular weight is 413 g/mol. The van der Waals surface area contributed by atoms with Crippen molar-refractivity contribution < 1.29 is 14.3 Å². The second-order valence-corrected chi connectivity index (χ2v) is 8.51. The van der Waals surface area contributed by atoms with Gasteiger partial charge >= 0.3 is 0 Å². The number of methoxy groups -OCH3 is 1. The maximum atomic E-state index is 13.3. The van der Waals surface area contributed by atoms with Crippen LogP contribution in [0.3, 0.4) is 0 Å². The molecule has 0 radical (unpaired) electrons. The van der Waals surface area contributed by atoms with Gasteiger partial charge < -0.3 is 10.1 Å². The average Bonchev–Trinajstić information content (AvgIpc) is 2.91. The molecule has 0 unspecified atom stereocenters. The number of hydrogen-bond donors (Lipinski definition) is 1. The van der Waals surface area contributed by atoms with Crippen molar-refractivity contribution in [1.82, 2.24) is 9.88 Å². The van der Waals surface area contributed by atoms with Gasteiger partial charge in [0.2, 0.25) is 5.91 Å². The highest BCUT2D eigenvalue weighted by Crippen LogP contribution is 2.31. The number of carbonyl (C=O) groups is 2. The van der Waals surface area contributed by atoms with Crippen molar-refractivity contribution in [3.63, 3.8) is 0 Å². The van der Waals surface area contributed by atoms with Gasteiger partial charge in [0.25, 0.3) is 5.91 Å². The summed E-state index contributed by atoms with van der Waals surface area (Å²) in [5.41, 5.74) is 2.47. The summed E-state index contributed by atoms with van der Waals surface area (Å²) in [6.45, 7) is 7.68. The van der Waals surface area contributed by atoms with Gasteiger partial charge in [-0.25, -0.2) is 0 Å². The molecule has 0 saturated carbocycles. The normalized spacial score (nSPS) is 11.5. The molecule has 1 aromatic heterocycles. The topological polar surface area (TPSA) is 60.3 Å². The molecule has 152 valence electrons. The van der Waals surface area contributed by atoms with Crippen molar-refractivity contribution in [2.45, 2.75) is 39.7 Å². The lowest BCUT2D eigenvalue weighted by Crippen LogP contribution is -2.41. The van der Waals surface area contributed by atoms with E-state index in [2.05, 4.69) is 5.32 Å². The van der Waals surface area contributed by atoms with E-state index in [1.807, 2.05) is 45.9 Å². The van der Waals surface area contributed by atoms with Crippen LogP contribution in [-0.4, -0.2) is 29.0 Å². The third kappa shape index (κ3) is 4.46. The van der Waals surface area contributed by atoms with E-state index >= 15 is 0 Å². The predicted molar refractivity (Wildman–Crippen MR) is 116 cm³/mol. The van der Waals surface area contributed by atoms with E-state index in [0.717, 1.165) is 22.2 Å². The van der Waals surface area contributed by atoms with Gasteiger partial charge in [-0.15, -0.1) is 0 Å². The molecular weight excluding hydrogens is 388 g/mol. The smallest absolute Gasteiger partial charge is 0.262 e. The van der Waals surface area contributed by atoms with Crippen LogP contribution in [0.4, 0.5) is 0 Å². The SMILES string of the molecule is COc1ccc2c(c1)c(CC(=O)NC(C)(C)C)c(C)n2C(=O)c1ccc(Cl)cc1. The second kappa shape index (κ2) is 7.91. The molecule has 0 aliphatic heterocycles. The Kier molecular flexibility index (Phi) is 5.71. The lowest BCUT2D eigenvalue weighted by molar-refractivity contribution is -0.121. The minimum atomic E-state index is -0.333. The van der Waals surface area contributed by atoms with Crippen LogP contribution in [0.15, 0.2) is 42.5 Å². The molecule has 1 heterocycles. The fourth-order valence-electron chi connectivity index (χ4n) is 3.42. The minimum Gasteiger partial charge on any atom is -0.497 e. The highest BCUT2D eigenvalue weighted by atomic mass is 35.5. The molecule has 1 N–H and O–H groups in total. The number of nitrogens with zero attached hydrogens (tertiary/aromatic N) is 1. The Morgan fingerprint density at radius 3 is 2.34 bits per heavy atom. The first-order valence-electron chi connectivity index (χ1n) is 9.40. The number of rotatable bonds is 4. The van der Waals surface area contributed by atoms with Crippen molar-refractivity contribution in [3.05, 3.63) is 64.3 Å². The lowest BCUT2D eigenvalue weighted by Gasteiger charge is -2.20. The van der Waals surface area contributed by atoms with E-state index in [4.69, 9.17) is 16.3 Å². The molecule has 0 bridgehead atoms. The van der Waals surface area contributed by atoms with Gasteiger partial charge in [-0.2, -0.15) is 0 Å². The molecular formula is C23H25ClN2O3. The molecule has 5 nitrogen and oxygen atoms in total. The summed E-state index contributed by atoms with van der Waals surface area (Å²) in [6.07, 6.45) is 0.174. The van der Waals surface area contributed by atoms with Gasteiger partial charge in [0, 0.05) is 27.2 Å². The Labute approximate surface area is 175 Å². The molecule has 0 saturated heterocycles. The van der Waals surface area contributed by atoms with Crippen LogP contribution < -0.4 is 10.1 Å². The van der Waals surface area contributed by atoms with E-state index in [0.29, 0.717) is 16.3 Å². The maximum Gasteiger partial charge on any atom is 0.262 e. The van der Waals surface area contributed by atoms with Crippen LogP contribution in [0.5, 0.6) is 5.75 Å². The molecule has 3 aromatic rings. The van der Waals surface area contributed by atoms with Gasteiger partial charge in [0.15, 0.2) is 0 Å². The van der Waals surface area contributed by atoms with Crippen molar-refractivity contribution in [2.75, 3.05) is 7.11 Å². The molecule has 6 heteroatoms. The quantitative estimate of drug-likeness (QED) is 0.672. The van der Waals surface area contributed by atoms with Gasteiger partial charge in [-0.1, -0.05) is 11.6 Å². The lowest BCUT2D eigenvalue weighted by atomic mass is 10.0. The highest BCUT2D eigenvalue weighted by Gasteiger charge is 2.23. The molecule has 0 aliphatic rings. The first kappa shape index (κ1) is 20.9. The number of carbonyl (C=O) groups excluding carboxylic acids is 2. The fourth-order valence-corrected chi connectivity index (χ4v) is 3.54. The molecule has 29 heavy (non-hydrogen) atoms. The van der Waals surface area contributed by atoms with Crippen LogP contribution in [-0.2, 0) is 11.2 Å². The van der Waals surface area contributed by atoms with E-state index in [1.54, 1.807) is 35.9 Å². The predicted octanol–water partition coefficient (Wildman–Crippen LogP) is 4.76. The molecule has 0 atom stereocenters. The van der Waals surface area contributed by atoms with Crippen molar-refractivity contribution in [3.8, 4) is 5.75 Å². The molecule has 3 rings (SSSR count). The number of aromatic nitrogens is 1. The standard InChI is InChI=1S/C23H25ClN2O3/c1-14-18(13-21(27)25-23(2,3)4)19-12-17(29-5)10-11-20(19)26(14)22(28)15-6-8-16(24)9-7-15/h6-12H,13H2,1-5H3,(H,25,27). The number of ether oxygens (including phenoxy) is 1. The van der Waals surface area contributed by atoms with Crippen molar-refractivity contribution in [2.24, 2.45) is 0 Å². The summed E-state index contributed by atoms with van der Waals surface area (Å²) < 4.78 is 7.01. The monoisotopic (exact) mass is 412 g/mol. The molecule has 0 aliphatic carbocycles. The first-order valence-corrected chi connectivity index (χ1v) is 9.77. The highest BCUT2D eigenvalue weighted by molar-refractivity contribution is 6.30. The van der Waals surface area contributed by atoms with Crippen LogP contribution in [0.2, 0.25) is 5.02 Å². The number of fused-ring (bicyclic) bond motifs is 1. The van der Waals surface area contributed by atoms with E-state index in [1.165, 1.54) is 0 Å². The molecule has 2 aromatic carbocycles. The number of halogens is 1. The molecule has 1 amide bonds. The van der Waals surface area contributed by atoms with Gasteiger partial charge in [0.05, 0.1) is 19.0 Å².